The Morgan fingerprint density at radius 3 is 2.93 bits per heavy atom. The van der Waals surface area contributed by atoms with Crippen molar-refractivity contribution in [3.05, 3.63) is 34.9 Å². The van der Waals surface area contributed by atoms with Crippen LogP contribution in [0.5, 0.6) is 0 Å². The zero-order chi connectivity index (χ0) is 10.7. The molecule has 2 rings (SSSR count). The fourth-order valence-corrected chi connectivity index (χ4v) is 2.34. The summed E-state index contributed by atoms with van der Waals surface area (Å²) in [6, 6.07) is 6.44. The number of rotatable bonds is 3. The van der Waals surface area contributed by atoms with Crippen LogP contribution in [0.15, 0.2) is 18.2 Å². The zero-order valence-electron chi connectivity index (χ0n) is 9.38. The van der Waals surface area contributed by atoms with Crippen molar-refractivity contribution in [3.63, 3.8) is 0 Å². The van der Waals surface area contributed by atoms with Gasteiger partial charge in [-0.05, 0) is 36.0 Å². The Morgan fingerprint density at radius 2 is 2.13 bits per heavy atom. The number of benzene rings is 1. The number of aryl methyl sites for hydroxylation is 1. The molecular weight excluding hydrogens is 184 g/mol. The Bertz CT molecular complexity index is 366. The average molecular weight is 202 g/mol. The van der Waals surface area contributed by atoms with Crippen molar-refractivity contribution in [1.82, 2.24) is 0 Å². The highest BCUT2D eigenvalue weighted by Crippen LogP contribution is 2.24. The van der Waals surface area contributed by atoms with E-state index in [1.54, 1.807) is 0 Å². The van der Waals surface area contributed by atoms with E-state index >= 15 is 0 Å². The van der Waals surface area contributed by atoms with E-state index in [9.17, 15) is 4.79 Å². The van der Waals surface area contributed by atoms with E-state index in [-0.39, 0.29) is 0 Å². The number of carbonyl (C=O) groups excluding carboxylic acids is 1. The summed E-state index contributed by atoms with van der Waals surface area (Å²) in [5, 5.41) is 0. The molecule has 0 radical (unpaired) electrons. The molecule has 0 atom stereocenters. The number of ketones is 1. The van der Waals surface area contributed by atoms with Gasteiger partial charge in [0.1, 0.15) is 5.78 Å². The van der Waals surface area contributed by atoms with Gasteiger partial charge >= 0.3 is 0 Å². The first-order valence-corrected chi connectivity index (χ1v) is 5.92. The summed E-state index contributed by atoms with van der Waals surface area (Å²) in [7, 11) is 0. The molecule has 1 aliphatic carbocycles. The summed E-state index contributed by atoms with van der Waals surface area (Å²) >= 11 is 0. The monoisotopic (exact) mass is 202 g/mol. The van der Waals surface area contributed by atoms with Crippen LogP contribution in [0, 0.1) is 0 Å². The third kappa shape index (κ3) is 2.28. The minimum absolute atomic E-state index is 0.398. The summed E-state index contributed by atoms with van der Waals surface area (Å²) in [6.07, 6.45) is 6.04. The van der Waals surface area contributed by atoms with Crippen LogP contribution in [-0.4, -0.2) is 5.78 Å². The highest BCUT2D eigenvalue weighted by molar-refractivity contribution is 5.83. The largest absolute Gasteiger partial charge is 0.299 e. The van der Waals surface area contributed by atoms with Gasteiger partial charge < -0.3 is 0 Å². The Kier molecular flexibility index (Phi) is 3.20. The molecule has 0 aromatic heterocycles. The lowest BCUT2D eigenvalue weighted by molar-refractivity contribution is -0.118. The first-order valence-electron chi connectivity index (χ1n) is 5.92. The van der Waals surface area contributed by atoms with Crippen LogP contribution in [0.3, 0.4) is 0 Å². The van der Waals surface area contributed by atoms with Crippen LogP contribution in [0.2, 0.25) is 0 Å². The Balaban J connectivity index is 2.25. The van der Waals surface area contributed by atoms with Gasteiger partial charge in [-0.3, -0.25) is 4.79 Å². The summed E-state index contributed by atoms with van der Waals surface area (Å²) < 4.78 is 0. The van der Waals surface area contributed by atoms with Gasteiger partial charge in [-0.25, -0.2) is 0 Å². The normalized spacial score (nSPS) is 15.1. The molecule has 0 N–H and O–H groups in total. The second kappa shape index (κ2) is 4.61. The summed E-state index contributed by atoms with van der Waals surface area (Å²) in [4.78, 5) is 11.4. The molecule has 0 saturated carbocycles. The predicted molar refractivity (Wildman–Crippen MR) is 62.1 cm³/mol. The highest BCUT2D eigenvalue weighted by atomic mass is 16.1. The highest BCUT2D eigenvalue weighted by Gasteiger charge is 2.17. The molecule has 0 spiro atoms. The van der Waals surface area contributed by atoms with Gasteiger partial charge in [0.15, 0.2) is 0 Å². The topological polar surface area (TPSA) is 17.1 Å². The Labute approximate surface area is 91.5 Å². The number of Topliss-reactive ketones (excluding diaryl/α,β-unsaturated/α-hetero) is 1. The molecule has 0 heterocycles. The van der Waals surface area contributed by atoms with Crippen LogP contribution in [0.25, 0.3) is 0 Å². The van der Waals surface area contributed by atoms with Gasteiger partial charge in [-0.2, -0.15) is 0 Å². The number of carbonyl (C=O) groups is 1. The number of hydrogen-bond donors (Lipinski definition) is 0. The van der Waals surface area contributed by atoms with Gasteiger partial charge in [0, 0.05) is 12.8 Å². The van der Waals surface area contributed by atoms with Crippen molar-refractivity contribution in [2.24, 2.45) is 0 Å². The van der Waals surface area contributed by atoms with Crippen LogP contribution in [-0.2, 0) is 24.1 Å². The van der Waals surface area contributed by atoms with Crippen molar-refractivity contribution in [2.75, 3.05) is 0 Å². The van der Waals surface area contributed by atoms with E-state index < -0.39 is 0 Å². The molecule has 0 fully saturated rings. The lowest BCUT2D eigenvalue weighted by Gasteiger charge is -2.18. The molecule has 1 aliphatic rings. The van der Waals surface area contributed by atoms with E-state index in [0.29, 0.717) is 12.2 Å². The second-order valence-corrected chi connectivity index (χ2v) is 4.37. The maximum atomic E-state index is 11.4. The van der Waals surface area contributed by atoms with Crippen LogP contribution >= 0.6 is 0 Å². The predicted octanol–water partition coefficient (Wildman–Crippen LogP) is 3.09. The molecule has 15 heavy (non-hydrogen) atoms. The lowest BCUT2D eigenvalue weighted by atomic mass is 9.86. The minimum atomic E-state index is 0.398. The van der Waals surface area contributed by atoms with E-state index in [0.717, 1.165) is 12.8 Å². The van der Waals surface area contributed by atoms with Gasteiger partial charge in [0.2, 0.25) is 0 Å². The van der Waals surface area contributed by atoms with E-state index in [4.69, 9.17) is 0 Å². The first-order chi connectivity index (χ1) is 7.31. The molecule has 1 aromatic rings. The summed E-state index contributed by atoms with van der Waals surface area (Å²) in [5.41, 5.74) is 4.22. The van der Waals surface area contributed by atoms with Crippen LogP contribution in [0.1, 0.15) is 42.9 Å². The number of unbranched alkanes of at least 4 members (excludes halogenated alkanes) is 1. The van der Waals surface area contributed by atoms with Gasteiger partial charge in [0.25, 0.3) is 0 Å². The van der Waals surface area contributed by atoms with E-state index in [1.807, 2.05) is 0 Å². The summed E-state index contributed by atoms with van der Waals surface area (Å²) in [5.74, 6) is 0.398. The quantitative estimate of drug-likeness (QED) is 0.736. The zero-order valence-corrected chi connectivity index (χ0v) is 9.38. The van der Waals surface area contributed by atoms with E-state index in [2.05, 4.69) is 25.1 Å². The van der Waals surface area contributed by atoms with Crippen LogP contribution < -0.4 is 0 Å². The van der Waals surface area contributed by atoms with Crippen molar-refractivity contribution in [2.45, 2.75) is 45.4 Å². The maximum absolute atomic E-state index is 11.4. The standard InChI is InChI=1S/C14H18O/c1-2-3-5-11-6-4-7-12-10-13(15)8-9-14(11)12/h4,6-7H,2-3,5,8-10H2,1H3. The van der Waals surface area contributed by atoms with Crippen molar-refractivity contribution in [1.29, 1.82) is 0 Å². The minimum Gasteiger partial charge on any atom is -0.299 e. The van der Waals surface area contributed by atoms with Gasteiger partial charge in [-0.1, -0.05) is 31.5 Å². The average Bonchev–Trinajstić information content (AvgIpc) is 2.25. The second-order valence-electron chi connectivity index (χ2n) is 4.37. The molecule has 0 unspecified atom stereocenters. The smallest absolute Gasteiger partial charge is 0.137 e. The molecule has 0 saturated heterocycles. The lowest BCUT2D eigenvalue weighted by Crippen LogP contribution is -2.15. The van der Waals surface area contributed by atoms with E-state index in [1.165, 1.54) is 36.0 Å². The van der Waals surface area contributed by atoms with Gasteiger partial charge in [0.05, 0.1) is 0 Å². The SMILES string of the molecule is CCCCc1cccc2c1CCC(=O)C2. The van der Waals surface area contributed by atoms with Crippen molar-refractivity contribution in [3.8, 4) is 0 Å². The molecular formula is C14H18O. The fraction of sp³-hybridized carbons (Fsp3) is 0.500. The molecule has 1 aromatic carbocycles. The molecule has 0 aliphatic heterocycles. The molecule has 0 bridgehead atoms. The first kappa shape index (κ1) is 10.4. The Hall–Kier alpha value is -1.11. The Morgan fingerprint density at radius 1 is 1.27 bits per heavy atom. The fourth-order valence-electron chi connectivity index (χ4n) is 2.34. The van der Waals surface area contributed by atoms with Crippen molar-refractivity contribution >= 4 is 5.78 Å². The van der Waals surface area contributed by atoms with Crippen molar-refractivity contribution < 1.29 is 4.79 Å². The summed E-state index contributed by atoms with van der Waals surface area (Å²) in [6.45, 7) is 2.22. The maximum Gasteiger partial charge on any atom is 0.137 e. The third-order valence-corrected chi connectivity index (χ3v) is 3.21. The molecule has 80 valence electrons. The van der Waals surface area contributed by atoms with Crippen LogP contribution in [0.4, 0.5) is 0 Å². The number of hydrogen-bond acceptors (Lipinski definition) is 1. The number of fused-ring (bicyclic) bond motifs is 1. The molecule has 1 nitrogen and oxygen atoms in total. The van der Waals surface area contributed by atoms with Gasteiger partial charge in [-0.15, -0.1) is 0 Å². The molecule has 0 amide bonds. The third-order valence-electron chi connectivity index (χ3n) is 3.21. The molecule has 1 heteroatoms.